The molecule has 0 aliphatic heterocycles. The van der Waals surface area contributed by atoms with E-state index in [1.807, 2.05) is 12.1 Å². The Kier molecular flexibility index (Phi) is 4.65. The molecule has 3 N–H and O–H groups in total. The maximum absolute atomic E-state index is 13.8. The van der Waals surface area contributed by atoms with Crippen molar-refractivity contribution in [2.24, 2.45) is 5.73 Å². The van der Waals surface area contributed by atoms with Gasteiger partial charge in [0.25, 0.3) is 0 Å². The van der Waals surface area contributed by atoms with Gasteiger partial charge < -0.3 is 15.6 Å². The molecule has 0 heterocycles. The first-order valence-corrected chi connectivity index (χ1v) is 6.49. The summed E-state index contributed by atoms with van der Waals surface area (Å²) in [5.41, 5.74) is 6.45. The molecular formula is C15H14FNO2S. The minimum atomic E-state index is -0.519. The van der Waals surface area contributed by atoms with Crippen LogP contribution in [0.25, 0.3) is 0 Å². The number of aliphatic hydroxyl groups is 1. The first-order chi connectivity index (χ1) is 9.63. The van der Waals surface area contributed by atoms with Crippen molar-refractivity contribution in [3.63, 3.8) is 0 Å². The van der Waals surface area contributed by atoms with Crippen molar-refractivity contribution in [3.8, 4) is 11.5 Å². The van der Waals surface area contributed by atoms with Gasteiger partial charge in [-0.25, -0.2) is 4.39 Å². The fourth-order valence-corrected chi connectivity index (χ4v) is 2.08. The predicted octanol–water partition coefficient (Wildman–Crippen LogP) is 2.79. The zero-order valence-corrected chi connectivity index (χ0v) is 11.5. The van der Waals surface area contributed by atoms with Crippen LogP contribution in [-0.4, -0.2) is 16.7 Å². The Balaban J connectivity index is 2.40. The van der Waals surface area contributed by atoms with Gasteiger partial charge in [0.2, 0.25) is 0 Å². The van der Waals surface area contributed by atoms with Gasteiger partial charge in [0, 0.05) is 6.61 Å². The van der Waals surface area contributed by atoms with Gasteiger partial charge in [0.1, 0.15) is 22.3 Å². The molecule has 2 aromatic rings. The highest BCUT2D eigenvalue weighted by Crippen LogP contribution is 2.29. The molecule has 20 heavy (non-hydrogen) atoms. The molecule has 0 bridgehead atoms. The van der Waals surface area contributed by atoms with E-state index in [0.29, 0.717) is 12.2 Å². The maximum Gasteiger partial charge on any atom is 0.140 e. The van der Waals surface area contributed by atoms with E-state index in [9.17, 15) is 4.39 Å². The number of halogens is 1. The van der Waals surface area contributed by atoms with Crippen LogP contribution < -0.4 is 10.5 Å². The summed E-state index contributed by atoms with van der Waals surface area (Å²) in [5, 5.41) is 9.04. The summed E-state index contributed by atoms with van der Waals surface area (Å²) in [4.78, 5) is -0.0576. The molecule has 2 rings (SSSR count). The van der Waals surface area contributed by atoms with Gasteiger partial charge >= 0.3 is 0 Å². The molecule has 0 aliphatic carbocycles. The van der Waals surface area contributed by atoms with Gasteiger partial charge in [-0.05, 0) is 30.2 Å². The second-order valence-corrected chi connectivity index (χ2v) is 4.60. The molecule has 0 unspecified atom stereocenters. The maximum atomic E-state index is 13.8. The van der Waals surface area contributed by atoms with Crippen molar-refractivity contribution in [3.05, 3.63) is 59.4 Å². The highest BCUT2D eigenvalue weighted by atomic mass is 32.1. The van der Waals surface area contributed by atoms with Gasteiger partial charge in [0.05, 0.1) is 5.56 Å². The van der Waals surface area contributed by atoms with E-state index in [2.05, 4.69) is 0 Å². The highest BCUT2D eigenvalue weighted by Gasteiger charge is 2.14. The molecule has 0 fully saturated rings. The lowest BCUT2D eigenvalue weighted by molar-refractivity contribution is 0.298. The number of para-hydroxylation sites is 1. The normalized spacial score (nSPS) is 10.3. The zero-order valence-electron chi connectivity index (χ0n) is 10.7. The third-order valence-corrected chi connectivity index (χ3v) is 3.00. The van der Waals surface area contributed by atoms with Crippen molar-refractivity contribution in [1.29, 1.82) is 0 Å². The van der Waals surface area contributed by atoms with E-state index in [-0.39, 0.29) is 22.9 Å². The highest BCUT2D eigenvalue weighted by molar-refractivity contribution is 7.80. The van der Waals surface area contributed by atoms with Gasteiger partial charge in [-0.3, -0.25) is 0 Å². The van der Waals surface area contributed by atoms with Crippen LogP contribution in [0.5, 0.6) is 11.5 Å². The lowest BCUT2D eigenvalue weighted by atomic mass is 10.1. The molecule has 0 saturated heterocycles. The molecule has 0 saturated carbocycles. The average molecular weight is 291 g/mol. The molecule has 5 heteroatoms. The summed E-state index contributed by atoms with van der Waals surface area (Å²) in [6.07, 6.45) is 0.452. The van der Waals surface area contributed by atoms with Crippen LogP contribution >= 0.6 is 12.2 Å². The van der Waals surface area contributed by atoms with E-state index in [4.69, 9.17) is 27.8 Å². The van der Waals surface area contributed by atoms with E-state index < -0.39 is 5.82 Å². The largest absolute Gasteiger partial charge is 0.456 e. The molecule has 2 aromatic carbocycles. The second-order valence-electron chi connectivity index (χ2n) is 4.16. The molecule has 0 spiro atoms. The van der Waals surface area contributed by atoms with Crippen LogP contribution in [0.2, 0.25) is 0 Å². The predicted molar refractivity (Wildman–Crippen MR) is 79.6 cm³/mol. The van der Waals surface area contributed by atoms with Crippen molar-refractivity contribution >= 4 is 17.2 Å². The van der Waals surface area contributed by atoms with Crippen molar-refractivity contribution in [2.45, 2.75) is 6.42 Å². The summed E-state index contributed by atoms with van der Waals surface area (Å²) in [5.74, 6) is 0.294. The van der Waals surface area contributed by atoms with Gasteiger partial charge in [0.15, 0.2) is 0 Å². The molecule has 0 aromatic heterocycles. The Hall–Kier alpha value is -1.98. The van der Waals surface area contributed by atoms with Crippen LogP contribution in [0.15, 0.2) is 42.5 Å². The molecule has 3 nitrogen and oxygen atoms in total. The van der Waals surface area contributed by atoms with Crippen LogP contribution in [-0.2, 0) is 6.42 Å². The van der Waals surface area contributed by atoms with E-state index in [1.165, 1.54) is 12.1 Å². The first kappa shape index (κ1) is 14.4. The minimum Gasteiger partial charge on any atom is -0.456 e. The van der Waals surface area contributed by atoms with Crippen LogP contribution in [0.1, 0.15) is 11.1 Å². The van der Waals surface area contributed by atoms with Gasteiger partial charge in [-0.1, -0.05) is 36.5 Å². The van der Waals surface area contributed by atoms with Crippen molar-refractivity contribution < 1.29 is 14.2 Å². The van der Waals surface area contributed by atoms with Gasteiger partial charge in [-0.15, -0.1) is 0 Å². The summed E-state index contributed by atoms with van der Waals surface area (Å²) in [6, 6.07) is 11.6. The lowest BCUT2D eigenvalue weighted by Gasteiger charge is -2.13. The average Bonchev–Trinajstić information content (AvgIpc) is 2.41. The second kappa shape index (κ2) is 6.45. The van der Waals surface area contributed by atoms with E-state index in [1.54, 1.807) is 18.2 Å². The Morgan fingerprint density at radius 2 is 1.85 bits per heavy atom. The Bertz CT molecular complexity index is 631. The van der Waals surface area contributed by atoms with Crippen molar-refractivity contribution in [2.75, 3.05) is 6.61 Å². The summed E-state index contributed by atoms with van der Waals surface area (Å²) in [6.45, 7) is 0.00564. The summed E-state index contributed by atoms with van der Waals surface area (Å²) < 4.78 is 19.5. The Labute approximate surface area is 121 Å². The number of nitrogens with two attached hydrogens (primary N) is 1. The van der Waals surface area contributed by atoms with E-state index in [0.717, 1.165) is 5.56 Å². The molecule has 0 radical (unpaired) electrons. The number of hydrogen-bond acceptors (Lipinski definition) is 3. The first-order valence-electron chi connectivity index (χ1n) is 6.08. The SMILES string of the molecule is NC(=S)c1c(F)cccc1Oc1ccccc1CCO. The third kappa shape index (κ3) is 3.12. The third-order valence-electron chi connectivity index (χ3n) is 2.80. The molecule has 0 amide bonds. The Morgan fingerprint density at radius 3 is 2.55 bits per heavy atom. The smallest absolute Gasteiger partial charge is 0.140 e. The van der Waals surface area contributed by atoms with Crippen LogP contribution in [0.4, 0.5) is 4.39 Å². The fraction of sp³-hybridized carbons (Fsp3) is 0.133. The number of thiocarbonyl (C=S) groups is 1. The minimum absolute atomic E-state index is 0.00564. The molecule has 104 valence electrons. The Morgan fingerprint density at radius 1 is 1.15 bits per heavy atom. The summed E-state index contributed by atoms with van der Waals surface area (Å²) in [7, 11) is 0. The van der Waals surface area contributed by atoms with E-state index >= 15 is 0 Å². The molecular weight excluding hydrogens is 277 g/mol. The quantitative estimate of drug-likeness (QED) is 0.832. The number of aliphatic hydroxyl groups excluding tert-OH is 1. The molecule has 0 atom stereocenters. The monoisotopic (exact) mass is 291 g/mol. The summed E-state index contributed by atoms with van der Waals surface area (Å²) >= 11 is 4.86. The zero-order chi connectivity index (χ0) is 14.5. The fourth-order valence-electron chi connectivity index (χ4n) is 1.88. The van der Waals surface area contributed by atoms with Crippen LogP contribution in [0, 0.1) is 5.82 Å². The van der Waals surface area contributed by atoms with Crippen molar-refractivity contribution in [1.82, 2.24) is 0 Å². The standard InChI is InChI=1S/C15H14FNO2S/c16-11-5-3-7-13(14(11)15(17)20)19-12-6-2-1-4-10(12)8-9-18/h1-7,18H,8-9H2,(H2,17,20). The van der Waals surface area contributed by atoms with Gasteiger partial charge in [-0.2, -0.15) is 0 Å². The number of ether oxygens (including phenoxy) is 1. The number of hydrogen-bond donors (Lipinski definition) is 2. The number of benzene rings is 2. The topological polar surface area (TPSA) is 55.5 Å². The number of rotatable bonds is 5. The van der Waals surface area contributed by atoms with Crippen LogP contribution in [0.3, 0.4) is 0 Å². The lowest BCUT2D eigenvalue weighted by Crippen LogP contribution is -2.13. The molecule has 0 aliphatic rings.